The minimum atomic E-state index is -0.574. The predicted molar refractivity (Wildman–Crippen MR) is 115 cm³/mol. The van der Waals surface area contributed by atoms with Crippen LogP contribution >= 0.6 is 0 Å². The van der Waals surface area contributed by atoms with E-state index in [9.17, 15) is 15.2 Å². The van der Waals surface area contributed by atoms with Gasteiger partial charge in [0.1, 0.15) is 11.6 Å². The van der Waals surface area contributed by atoms with Crippen molar-refractivity contribution in [3.8, 4) is 28.8 Å². The van der Waals surface area contributed by atoms with Crippen LogP contribution in [-0.2, 0) is 0 Å². The zero-order valence-corrected chi connectivity index (χ0v) is 16.8. The van der Waals surface area contributed by atoms with Crippen molar-refractivity contribution >= 4 is 12.2 Å². The molecule has 0 saturated carbocycles. The Hall–Kier alpha value is -4.12. The van der Waals surface area contributed by atoms with E-state index in [1.807, 2.05) is 26.0 Å². The summed E-state index contributed by atoms with van der Waals surface area (Å²) in [7, 11) is 1.48. The van der Waals surface area contributed by atoms with Crippen molar-refractivity contribution in [1.82, 2.24) is 9.97 Å². The van der Waals surface area contributed by atoms with Crippen molar-refractivity contribution in [1.29, 1.82) is 5.26 Å². The highest BCUT2D eigenvalue weighted by atomic mass is 16.5. The van der Waals surface area contributed by atoms with Gasteiger partial charge in [0.2, 0.25) is 5.95 Å². The molecule has 0 atom stereocenters. The number of phenolic OH excluding ortho intramolecular Hbond substituents is 1. The van der Waals surface area contributed by atoms with Crippen molar-refractivity contribution in [2.24, 2.45) is 5.10 Å². The molecule has 0 aliphatic rings. The van der Waals surface area contributed by atoms with E-state index in [1.165, 1.54) is 13.3 Å². The van der Waals surface area contributed by atoms with Gasteiger partial charge in [-0.05, 0) is 23.6 Å². The highest BCUT2D eigenvalue weighted by Crippen LogP contribution is 2.33. The molecule has 3 rings (SSSR count). The lowest BCUT2D eigenvalue weighted by Crippen LogP contribution is -2.16. The van der Waals surface area contributed by atoms with Crippen molar-refractivity contribution in [2.45, 2.75) is 19.8 Å². The number of benzene rings is 2. The van der Waals surface area contributed by atoms with E-state index < -0.39 is 5.56 Å². The summed E-state index contributed by atoms with van der Waals surface area (Å²) < 4.78 is 5.22. The van der Waals surface area contributed by atoms with Crippen molar-refractivity contribution < 1.29 is 9.84 Å². The minimum Gasteiger partial charge on any atom is -0.504 e. The van der Waals surface area contributed by atoms with Crippen LogP contribution in [0, 0.1) is 11.3 Å². The van der Waals surface area contributed by atoms with Gasteiger partial charge in [-0.3, -0.25) is 9.78 Å². The average molecular weight is 403 g/mol. The number of anilines is 1. The van der Waals surface area contributed by atoms with E-state index in [-0.39, 0.29) is 28.9 Å². The Morgan fingerprint density at radius 2 is 2.03 bits per heavy atom. The van der Waals surface area contributed by atoms with Crippen LogP contribution in [0.15, 0.2) is 52.4 Å². The summed E-state index contributed by atoms with van der Waals surface area (Å²) in [5.74, 6) is 0.600. The highest BCUT2D eigenvalue weighted by Gasteiger charge is 2.14. The number of hydrogen-bond donors (Lipinski definition) is 3. The molecule has 2 aromatic carbocycles. The van der Waals surface area contributed by atoms with Gasteiger partial charge in [0.05, 0.1) is 19.0 Å². The summed E-state index contributed by atoms with van der Waals surface area (Å²) in [6.45, 7) is 4.06. The molecule has 0 saturated heterocycles. The maximum absolute atomic E-state index is 12.3. The molecule has 8 nitrogen and oxygen atoms in total. The number of methoxy groups -OCH3 is 1. The highest BCUT2D eigenvalue weighted by molar-refractivity contribution is 5.85. The van der Waals surface area contributed by atoms with Crippen LogP contribution in [-0.4, -0.2) is 28.4 Å². The van der Waals surface area contributed by atoms with Gasteiger partial charge in [0.15, 0.2) is 11.5 Å². The SMILES string of the molecule is COc1cc(C(C)C)cc(C=NNc2nc(-c3ccccc3)c(C#N)c(=O)[nH]2)c1O. The summed E-state index contributed by atoms with van der Waals surface area (Å²) in [4.78, 5) is 19.1. The van der Waals surface area contributed by atoms with Gasteiger partial charge in [-0.1, -0.05) is 44.2 Å². The van der Waals surface area contributed by atoms with Crippen LogP contribution in [0.1, 0.15) is 36.5 Å². The second-order valence-electron chi connectivity index (χ2n) is 6.80. The van der Waals surface area contributed by atoms with Crippen LogP contribution in [0.5, 0.6) is 11.5 Å². The van der Waals surface area contributed by atoms with Gasteiger partial charge in [0.25, 0.3) is 5.56 Å². The number of ether oxygens (including phenoxy) is 1. The van der Waals surface area contributed by atoms with Crippen LogP contribution in [0.3, 0.4) is 0 Å². The summed E-state index contributed by atoms with van der Waals surface area (Å²) in [5.41, 5.74) is 4.31. The zero-order valence-electron chi connectivity index (χ0n) is 16.8. The molecular weight excluding hydrogens is 382 g/mol. The van der Waals surface area contributed by atoms with Gasteiger partial charge in [0, 0.05) is 11.1 Å². The number of nitriles is 1. The molecular formula is C22H21N5O3. The van der Waals surface area contributed by atoms with E-state index in [0.29, 0.717) is 16.9 Å². The van der Waals surface area contributed by atoms with Gasteiger partial charge in [-0.25, -0.2) is 10.4 Å². The second-order valence-corrected chi connectivity index (χ2v) is 6.80. The van der Waals surface area contributed by atoms with Crippen LogP contribution in [0.4, 0.5) is 5.95 Å². The number of phenols is 1. The smallest absolute Gasteiger partial charge is 0.270 e. The molecule has 0 radical (unpaired) electrons. The Morgan fingerprint density at radius 3 is 2.67 bits per heavy atom. The molecule has 1 heterocycles. The van der Waals surface area contributed by atoms with Crippen molar-refractivity contribution in [2.75, 3.05) is 12.5 Å². The number of hydrazone groups is 1. The monoisotopic (exact) mass is 403 g/mol. The number of nitrogens with zero attached hydrogens (tertiary/aromatic N) is 3. The third kappa shape index (κ3) is 4.31. The van der Waals surface area contributed by atoms with E-state index in [1.54, 1.807) is 36.4 Å². The fourth-order valence-electron chi connectivity index (χ4n) is 2.84. The standard InChI is InChI=1S/C22H21N5O3/c1-13(2)15-9-16(20(28)18(10-15)30-3)12-24-27-22-25-19(14-7-5-4-6-8-14)17(11-23)21(29)26-22/h4-10,12-13,28H,1-3H3,(H2,25,26,27,29). The van der Waals surface area contributed by atoms with Gasteiger partial charge < -0.3 is 9.84 Å². The lowest BCUT2D eigenvalue weighted by atomic mass is 10.00. The van der Waals surface area contributed by atoms with Crippen molar-refractivity contribution in [3.63, 3.8) is 0 Å². The quantitative estimate of drug-likeness (QED) is 0.427. The van der Waals surface area contributed by atoms with Crippen LogP contribution in [0.25, 0.3) is 11.3 Å². The number of aromatic nitrogens is 2. The van der Waals surface area contributed by atoms with E-state index in [4.69, 9.17) is 4.74 Å². The molecule has 152 valence electrons. The molecule has 8 heteroatoms. The first-order valence-electron chi connectivity index (χ1n) is 9.24. The molecule has 3 aromatic rings. The Balaban J connectivity index is 1.94. The Labute approximate surface area is 173 Å². The van der Waals surface area contributed by atoms with E-state index in [2.05, 4.69) is 20.5 Å². The van der Waals surface area contributed by atoms with E-state index >= 15 is 0 Å². The maximum Gasteiger partial charge on any atom is 0.270 e. The first kappa shape index (κ1) is 20.6. The summed E-state index contributed by atoms with van der Waals surface area (Å²) in [6.07, 6.45) is 1.41. The number of nitrogens with one attached hydrogen (secondary N) is 2. The Kier molecular flexibility index (Phi) is 6.13. The molecule has 0 spiro atoms. The summed E-state index contributed by atoms with van der Waals surface area (Å²) in [5, 5.41) is 23.7. The second kappa shape index (κ2) is 8.92. The Bertz CT molecular complexity index is 1180. The molecule has 0 unspecified atom stereocenters. The van der Waals surface area contributed by atoms with Crippen LogP contribution in [0.2, 0.25) is 0 Å². The molecule has 1 aromatic heterocycles. The summed E-state index contributed by atoms with van der Waals surface area (Å²) >= 11 is 0. The zero-order chi connectivity index (χ0) is 21.7. The third-order valence-corrected chi connectivity index (χ3v) is 4.47. The molecule has 0 amide bonds. The molecule has 0 aliphatic carbocycles. The lowest BCUT2D eigenvalue weighted by molar-refractivity contribution is 0.372. The molecule has 0 aliphatic heterocycles. The maximum atomic E-state index is 12.3. The average Bonchev–Trinajstić information content (AvgIpc) is 2.75. The molecule has 0 bridgehead atoms. The fourth-order valence-corrected chi connectivity index (χ4v) is 2.84. The number of aromatic amines is 1. The minimum absolute atomic E-state index is 0.0429. The number of aromatic hydroxyl groups is 1. The van der Waals surface area contributed by atoms with Gasteiger partial charge in [-0.2, -0.15) is 10.4 Å². The normalized spacial score (nSPS) is 10.9. The Morgan fingerprint density at radius 1 is 1.30 bits per heavy atom. The number of hydrogen-bond acceptors (Lipinski definition) is 7. The third-order valence-electron chi connectivity index (χ3n) is 4.47. The molecule has 30 heavy (non-hydrogen) atoms. The topological polar surface area (TPSA) is 123 Å². The van der Waals surface area contributed by atoms with Gasteiger partial charge in [-0.15, -0.1) is 0 Å². The van der Waals surface area contributed by atoms with Crippen molar-refractivity contribution in [3.05, 3.63) is 69.5 Å². The lowest BCUT2D eigenvalue weighted by Gasteiger charge is -2.12. The predicted octanol–water partition coefficient (Wildman–Crippen LogP) is 3.59. The summed E-state index contributed by atoms with van der Waals surface area (Å²) in [6, 6.07) is 14.4. The first-order valence-corrected chi connectivity index (χ1v) is 9.24. The molecule has 3 N–H and O–H groups in total. The van der Waals surface area contributed by atoms with Gasteiger partial charge >= 0.3 is 0 Å². The number of rotatable bonds is 6. The first-order chi connectivity index (χ1) is 14.4. The van der Waals surface area contributed by atoms with E-state index in [0.717, 1.165) is 5.56 Å². The fraction of sp³-hybridized carbons (Fsp3) is 0.182. The number of H-pyrrole nitrogens is 1. The largest absolute Gasteiger partial charge is 0.504 e. The molecule has 0 fully saturated rings. The van der Waals surface area contributed by atoms with Crippen LogP contribution < -0.4 is 15.7 Å².